The highest BCUT2D eigenvalue weighted by Crippen LogP contribution is 2.71. The summed E-state index contributed by atoms with van der Waals surface area (Å²) in [6.45, 7) is 10.0. The average Bonchev–Trinajstić information content (AvgIpc) is 3.39. The van der Waals surface area contributed by atoms with Crippen molar-refractivity contribution in [3.63, 3.8) is 0 Å². The van der Waals surface area contributed by atoms with Crippen LogP contribution < -0.4 is 0 Å². The van der Waals surface area contributed by atoms with E-state index >= 15 is 0 Å². The van der Waals surface area contributed by atoms with Crippen LogP contribution in [0.5, 0.6) is 0 Å². The van der Waals surface area contributed by atoms with Crippen molar-refractivity contribution in [3.05, 3.63) is 95.1 Å². The molecule has 3 aliphatic rings. The second kappa shape index (κ2) is 5.76. The lowest BCUT2D eigenvalue weighted by Gasteiger charge is -2.32. The summed E-state index contributed by atoms with van der Waals surface area (Å²) in [5.41, 5.74) is 6.83. The molecule has 0 nitrogen and oxygen atoms in total. The topological polar surface area (TPSA) is 0 Å². The molecule has 4 unspecified atom stereocenters. The van der Waals surface area contributed by atoms with Crippen LogP contribution in [-0.2, 0) is 10.8 Å². The molecule has 162 valence electrons. The molecule has 1 fully saturated rings. The van der Waals surface area contributed by atoms with Gasteiger partial charge in [0.2, 0.25) is 0 Å². The summed E-state index contributed by atoms with van der Waals surface area (Å²) in [5.74, 6) is 1.18. The van der Waals surface area contributed by atoms with Gasteiger partial charge in [-0.1, -0.05) is 100 Å². The molecule has 1 aliphatic heterocycles. The Morgan fingerprint density at radius 1 is 0.606 bits per heavy atom. The van der Waals surface area contributed by atoms with E-state index in [0.29, 0.717) is 22.3 Å². The lowest BCUT2D eigenvalue weighted by Crippen LogP contribution is -2.29. The molecule has 33 heavy (non-hydrogen) atoms. The van der Waals surface area contributed by atoms with Crippen LogP contribution in [0.15, 0.2) is 72.8 Å². The Hall–Kier alpha value is -2.51. The van der Waals surface area contributed by atoms with Crippen LogP contribution >= 0.6 is 11.8 Å². The van der Waals surface area contributed by atoms with Gasteiger partial charge in [-0.15, -0.1) is 0 Å². The normalized spacial score (nSPS) is 28.4. The van der Waals surface area contributed by atoms with Gasteiger partial charge in [0, 0.05) is 33.2 Å². The van der Waals surface area contributed by atoms with Crippen LogP contribution in [0.3, 0.4) is 0 Å². The number of benzene rings is 5. The highest BCUT2D eigenvalue weighted by Gasteiger charge is 2.63. The molecule has 1 heteroatoms. The van der Waals surface area contributed by atoms with Crippen LogP contribution in [0.1, 0.15) is 61.8 Å². The fourth-order valence-electron chi connectivity index (χ4n) is 8.03. The summed E-state index contributed by atoms with van der Waals surface area (Å²) >= 11 is 2.30. The zero-order valence-electron chi connectivity index (χ0n) is 19.6. The average molecular weight is 445 g/mol. The summed E-state index contributed by atoms with van der Waals surface area (Å²) in [7, 11) is 0. The first-order chi connectivity index (χ1) is 15.9. The molecule has 0 bridgehead atoms. The van der Waals surface area contributed by atoms with E-state index < -0.39 is 0 Å². The highest BCUT2D eigenvalue weighted by atomic mass is 32.2. The predicted molar refractivity (Wildman–Crippen MR) is 143 cm³/mol. The summed E-state index contributed by atoms with van der Waals surface area (Å²) in [4.78, 5) is 0. The largest absolute Gasteiger partial charge is 0.152 e. The number of thioether (sulfide) groups is 1. The lowest BCUT2D eigenvalue weighted by molar-refractivity contribution is 0.446. The molecule has 0 radical (unpaired) electrons. The molecule has 0 spiro atoms. The first-order valence-corrected chi connectivity index (χ1v) is 13.3. The predicted octanol–water partition coefficient (Wildman–Crippen LogP) is 8.52. The number of rotatable bonds is 0. The Labute approximate surface area is 199 Å². The van der Waals surface area contributed by atoms with E-state index in [1.165, 1.54) is 32.3 Å². The Morgan fingerprint density at radius 3 is 2.09 bits per heavy atom. The first kappa shape index (κ1) is 18.9. The van der Waals surface area contributed by atoms with Crippen molar-refractivity contribution < 1.29 is 0 Å². The SMILES string of the molecule is CC1(C)c2ccccc2C2C3c4c(cc5ccc6cccc7ccc4c5c67)C(C)(C)C3SC21. The van der Waals surface area contributed by atoms with Crippen molar-refractivity contribution in [3.8, 4) is 0 Å². The third-order valence-electron chi connectivity index (χ3n) is 9.49. The molecule has 8 rings (SSSR count). The van der Waals surface area contributed by atoms with E-state index in [9.17, 15) is 0 Å². The maximum absolute atomic E-state index is 2.56. The Morgan fingerprint density at radius 2 is 1.27 bits per heavy atom. The standard InChI is InChI=1S/C32H28S/c1-31(2)22-11-6-5-10-20(22)27-28-26-21-15-14-18-9-7-8-17-12-13-19(25(21)24(17)18)16-23(26)32(3,4)30(28)33-29(27)31/h5-16,27-30H,1-4H3. The van der Waals surface area contributed by atoms with Gasteiger partial charge in [-0.2, -0.15) is 11.8 Å². The lowest BCUT2D eigenvalue weighted by atomic mass is 9.78. The van der Waals surface area contributed by atoms with Crippen molar-refractivity contribution in [1.82, 2.24) is 0 Å². The summed E-state index contributed by atoms with van der Waals surface area (Å²) in [5, 5.41) is 9.87. The fourth-order valence-corrected chi connectivity index (χ4v) is 10.2. The van der Waals surface area contributed by atoms with Crippen molar-refractivity contribution >= 4 is 44.1 Å². The molecular weight excluding hydrogens is 416 g/mol. The van der Waals surface area contributed by atoms with Gasteiger partial charge < -0.3 is 0 Å². The minimum Gasteiger partial charge on any atom is -0.152 e. The van der Waals surface area contributed by atoms with Crippen LogP contribution in [0.25, 0.3) is 32.3 Å². The van der Waals surface area contributed by atoms with Gasteiger partial charge in [0.25, 0.3) is 0 Å². The fraction of sp³-hybridized carbons (Fsp3) is 0.312. The van der Waals surface area contributed by atoms with E-state index in [4.69, 9.17) is 0 Å². The molecule has 2 aliphatic carbocycles. The Kier molecular flexibility index (Phi) is 3.29. The van der Waals surface area contributed by atoms with Gasteiger partial charge in [0.1, 0.15) is 0 Å². The zero-order valence-corrected chi connectivity index (χ0v) is 20.5. The third kappa shape index (κ3) is 2.04. The maximum Gasteiger partial charge on any atom is 0.0217 e. The number of hydrogen-bond acceptors (Lipinski definition) is 1. The van der Waals surface area contributed by atoms with E-state index in [1.54, 1.807) is 22.3 Å². The molecule has 0 aromatic heterocycles. The minimum absolute atomic E-state index is 0.171. The molecule has 4 atom stereocenters. The quantitative estimate of drug-likeness (QED) is 0.216. The second-order valence-electron chi connectivity index (χ2n) is 11.8. The van der Waals surface area contributed by atoms with Gasteiger partial charge in [0.05, 0.1) is 0 Å². The van der Waals surface area contributed by atoms with E-state index in [0.717, 1.165) is 0 Å². The maximum atomic E-state index is 2.56. The van der Waals surface area contributed by atoms with Gasteiger partial charge in [-0.3, -0.25) is 0 Å². The van der Waals surface area contributed by atoms with Crippen molar-refractivity contribution in [1.29, 1.82) is 0 Å². The van der Waals surface area contributed by atoms with Crippen LogP contribution in [0, 0.1) is 0 Å². The smallest absolute Gasteiger partial charge is 0.0217 e. The zero-order chi connectivity index (χ0) is 22.3. The molecule has 5 aromatic rings. The minimum atomic E-state index is 0.171. The molecule has 0 saturated carbocycles. The van der Waals surface area contributed by atoms with Crippen molar-refractivity contribution in [2.24, 2.45) is 0 Å². The third-order valence-corrected chi connectivity index (χ3v) is 11.8. The van der Waals surface area contributed by atoms with Crippen LogP contribution in [0.2, 0.25) is 0 Å². The molecular formula is C32H28S. The molecule has 5 aromatic carbocycles. The molecule has 1 saturated heterocycles. The first-order valence-electron chi connectivity index (χ1n) is 12.3. The van der Waals surface area contributed by atoms with Crippen molar-refractivity contribution in [2.45, 2.75) is 60.9 Å². The summed E-state index contributed by atoms with van der Waals surface area (Å²) in [6.07, 6.45) is 0. The second-order valence-corrected chi connectivity index (χ2v) is 13.0. The number of fused-ring (bicyclic) bond motifs is 8. The highest BCUT2D eigenvalue weighted by molar-refractivity contribution is 8.01. The summed E-state index contributed by atoms with van der Waals surface area (Å²) in [6, 6.07) is 28.1. The number of hydrogen-bond donors (Lipinski definition) is 0. The van der Waals surface area contributed by atoms with E-state index in [2.05, 4.69) is 112 Å². The Balaban J connectivity index is 1.49. The van der Waals surface area contributed by atoms with Gasteiger partial charge in [-0.05, 0) is 54.6 Å². The molecule has 1 heterocycles. The van der Waals surface area contributed by atoms with Gasteiger partial charge >= 0.3 is 0 Å². The van der Waals surface area contributed by atoms with Gasteiger partial charge in [0.15, 0.2) is 0 Å². The van der Waals surface area contributed by atoms with E-state index in [1.807, 2.05) is 0 Å². The Bertz CT molecular complexity index is 1610. The monoisotopic (exact) mass is 444 g/mol. The molecule has 0 N–H and O–H groups in total. The van der Waals surface area contributed by atoms with Gasteiger partial charge in [-0.25, -0.2) is 0 Å². The summed E-state index contributed by atoms with van der Waals surface area (Å²) < 4.78 is 0. The molecule has 0 amide bonds. The van der Waals surface area contributed by atoms with Crippen LogP contribution in [-0.4, -0.2) is 10.5 Å². The van der Waals surface area contributed by atoms with Crippen LogP contribution in [0.4, 0.5) is 0 Å². The van der Waals surface area contributed by atoms with Crippen molar-refractivity contribution in [2.75, 3.05) is 0 Å². The van der Waals surface area contributed by atoms with E-state index in [-0.39, 0.29) is 10.8 Å².